The highest BCUT2D eigenvalue weighted by atomic mass is 32.2. The lowest BCUT2D eigenvalue weighted by molar-refractivity contribution is -0.145. The van der Waals surface area contributed by atoms with Gasteiger partial charge in [0.25, 0.3) is 5.89 Å². The van der Waals surface area contributed by atoms with E-state index in [1.54, 1.807) is 37.4 Å². The zero-order valence-corrected chi connectivity index (χ0v) is 19.2. The molecule has 4 rings (SSSR count). The summed E-state index contributed by atoms with van der Waals surface area (Å²) in [5.41, 5.74) is 0.685. The molecule has 34 heavy (non-hydrogen) atoms. The van der Waals surface area contributed by atoms with E-state index in [0.717, 1.165) is 0 Å². The van der Waals surface area contributed by atoms with Gasteiger partial charge in [0.2, 0.25) is 15.8 Å². The highest BCUT2D eigenvalue weighted by Gasteiger charge is 2.19. The summed E-state index contributed by atoms with van der Waals surface area (Å²) < 4.78 is 53.9. The highest BCUT2D eigenvalue weighted by Crippen LogP contribution is 2.31. The molecule has 11 nitrogen and oxygen atoms in total. The number of carbonyl (C=O) groups excluding carboxylic acids is 1. The number of ether oxygens (including phenoxy) is 4. The van der Waals surface area contributed by atoms with Crippen molar-refractivity contribution in [3.05, 3.63) is 48.4 Å². The summed E-state index contributed by atoms with van der Waals surface area (Å²) >= 11 is 0. The molecular weight excluding hydrogens is 466 g/mol. The molecule has 0 saturated heterocycles. The summed E-state index contributed by atoms with van der Waals surface area (Å²) in [7, 11) is -2.29. The van der Waals surface area contributed by atoms with Gasteiger partial charge in [-0.15, -0.1) is 0 Å². The summed E-state index contributed by atoms with van der Waals surface area (Å²) in [5, 5.41) is 3.86. The Kier molecular flexibility index (Phi) is 7.28. The quantitative estimate of drug-likeness (QED) is 0.445. The molecule has 0 aliphatic carbocycles. The maximum atomic E-state index is 12.5. The van der Waals surface area contributed by atoms with Gasteiger partial charge in [-0.1, -0.05) is 17.3 Å². The number of nitrogens with zero attached hydrogens (tertiary/aromatic N) is 2. The van der Waals surface area contributed by atoms with Gasteiger partial charge in [-0.3, -0.25) is 4.79 Å². The summed E-state index contributed by atoms with van der Waals surface area (Å²) in [5.74, 6) is 1.32. The van der Waals surface area contributed by atoms with E-state index in [2.05, 4.69) is 14.9 Å². The number of benzene rings is 2. The van der Waals surface area contributed by atoms with Crippen LogP contribution in [0.3, 0.4) is 0 Å². The molecule has 3 aromatic rings. The van der Waals surface area contributed by atoms with Gasteiger partial charge < -0.3 is 23.5 Å². The minimum atomic E-state index is -3.85. The van der Waals surface area contributed by atoms with Gasteiger partial charge in [0, 0.05) is 24.6 Å². The lowest BCUT2D eigenvalue weighted by Gasteiger charge is -2.10. The predicted octanol–water partition coefficient (Wildman–Crippen LogP) is 2.32. The second-order valence-electron chi connectivity index (χ2n) is 7.21. The summed E-state index contributed by atoms with van der Waals surface area (Å²) in [4.78, 5) is 16.2. The second kappa shape index (κ2) is 10.5. The SMILES string of the molecule is COc1cccc(-c2noc(COC(=O)CCNS(=O)(=O)c3ccc4c(c3)OCCCO4)n2)c1. The standard InChI is InChI=1S/C22H23N3O8S/c1-29-16-5-2-4-15(12-16)22-24-20(33-25-22)14-32-21(26)8-9-23-34(27,28)17-6-7-18-19(13-17)31-11-3-10-30-18/h2,4-7,12-13,23H,3,8-11,14H2,1H3. The Morgan fingerprint density at radius 3 is 2.76 bits per heavy atom. The molecule has 1 aliphatic rings. The topological polar surface area (TPSA) is 139 Å². The first-order valence-electron chi connectivity index (χ1n) is 10.5. The average molecular weight is 490 g/mol. The maximum Gasteiger partial charge on any atom is 0.307 e. The highest BCUT2D eigenvalue weighted by molar-refractivity contribution is 7.89. The van der Waals surface area contributed by atoms with E-state index in [1.165, 1.54) is 12.1 Å². The number of hydrogen-bond donors (Lipinski definition) is 1. The zero-order chi connectivity index (χ0) is 24.0. The molecule has 1 aromatic heterocycles. The van der Waals surface area contributed by atoms with E-state index < -0.39 is 16.0 Å². The van der Waals surface area contributed by atoms with Crippen LogP contribution in [0, 0.1) is 0 Å². The van der Waals surface area contributed by atoms with Crippen LogP contribution < -0.4 is 18.9 Å². The first-order valence-corrected chi connectivity index (χ1v) is 11.9. The van der Waals surface area contributed by atoms with Crippen molar-refractivity contribution in [3.63, 3.8) is 0 Å². The molecule has 0 bridgehead atoms. The van der Waals surface area contributed by atoms with E-state index in [0.29, 0.717) is 48.3 Å². The molecule has 0 saturated carbocycles. The van der Waals surface area contributed by atoms with Crippen LogP contribution in [0.5, 0.6) is 17.2 Å². The fraction of sp³-hybridized carbons (Fsp3) is 0.318. The van der Waals surface area contributed by atoms with Crippen molar-refractivity contribution < 1.29 is 36.7 Å². The maximum absolute atomic E-state index is 12.5. The predicted molar refractivity (Wildman–Crippen MR) is 118 cm³/mol. The van der Waals surface area contributed by atoms with Crippen molar-refractivity contribution in [3.8, 4) is 28.6 Å². The number of hydrogen-bond acceptors (Lipinski definition) is 10. The monoisotopic (exact) mass is 489 g/mol. The molecule has 2 aromatic carbocycles. The molecule has 0 fully saturated rings. The van der Waals surface area contributed by atoms with Crippen LogP contribution >= 0.6 is 0 Å². The molecule has 1 N–H and O–H groups in total. The number of carbonyl (C=O) groups is 1. The minimum absolute atomic E-state index is 0.0149. The Bertz CT molecular complexity index is 1260. The van der Waals surface area contributed by atoms with Gasteiger partial charge in [-0.05, 0) is 24.3 Å². The first kappa shape index (κ1) is 23.5. The number of sulfonamides is 1. The lowest BCUT2D eigenvalue weighted by atomic mass is 10.2. The van der Waals surface area contributed by atoms with Gasteiger partial charge >= 0.3 is 5.97 Å². The summed E-state index contributed by atoms with van der Waals surface area (Å²) in [6, 6.07) is 11.5. The molecule has 180 valence electrons. The van der Waals surface area contributed by atoms with E-state index in [1.807, 2.05) is 0 Å². The van der Waals surface area contributed by atoms with Crippen LogP contribution in [-0.2, 0) is 26.2 Å². The van der Waals surface area contributed by atoms with E-state index >= 15 is 0 Å². The van der Waals surface area contributed by atoms with Crippen molar-refractivity contribution in [2.75, 3.05) is 26.9 Å². The van der Waals surface area contributed by atoms with Crippen LogP contribution in [0.2, 0.25) is 0 Å². The molecule has 12 heteroatoms. The van der Waals surface area contributed by atoms with E-state index in [-0.39, 0.29) is 30.4 Å². The smallest absolute Gasteiger partial charge is 0.307 e. The van der Waals surface area contributed by atoms with Crippen LogP contribution in [0.1, 0.15) is 18.7 Å². The van der Waals surface area contributed by atoms with Crippen molar-refractivity contribution in [2.45, 2.75) is 24.3 Å². The first-order chi connectivity index (χ1) is 16.4. The molecule has 0 amide bonds. The fourth-order valence-electron chi connectivity index (χ4n) is 3.09. The zero-order valence-electron chi connectivity index (χ0n) is 18.4. The summed E-state index contributed by atoms with van der Waals surface area (Å²) in [6.45, 7) is 0.571. The van der Waals surface area contributed by atoms with Crippen molar-refractivity contribution >= 4 is 16.0 Å². The number of fused-ring (bicyclic) bond motifs is 1. The fourth-order valence-corrected chi connectivity index (χ4v) is 4.14. The van der Waals surface area contributed by atoms with Gasteiger partial charge in [0.05, 0.1) is 31.6 Å². The van der Waals surface area contributed by atoms with Gasteiger partial charge in [0.1, 0.15) is 5.75 Å². The number of esters is 1. The van der Waals surface area contributed by atoms with E-state index in [9.17, 15) is 13.2 Å². The Labute approximate surface area is 196 Å². The third-order valence-electron chi connectivity index (χ3n) is 4.80. The largest absolute Gasteiger partial charge is 0.497 e. The molecule has 2 heterocycles. The van der Waals surface area contributed by atoms with Crippen LogP contribution in [0.25, 0.3) is 11.4 Å². The van der Waals surface area contributed by atoms with Crippen LogP contribution in [0.15, 0.2) is 51.9 Å². The molecule has 0 radical (unpaired) electrons. The molecule has 1 aliphatic heterocycles. The van der Waals surface area contributed by atoms with Gasteiger partial charge in [-0.25, -0.2) is 13.1 Å². The second-order valence-corrected chi connectivity index (χ2v) is 8.98. The summed E-state index contributed by atoms with van der Waals surface area (Å²) in [6.07, 6.45) is 0.531. The number of aromatic nitrogens is 2. The van der Waals surface area contributed by atoms with Crippen LogP contribution in [-0.4, -0.2) is 51.4 Å². The lowest BCUT2D eigenvalue weighted by Crippen LogP contribution is -2.26. The molecule has 0 unspecified atom stereocenters. The Morgan fingerprint density at radius 2 is 1.94 bits per heavy atom. The third-order valence-corrected chi connectivity index (χ3v) is 6.26. The van der Waals surface area contributed by atoms with Crippen molar-refractivity contribution in [1.82, 2.24) is 14.9 Å². The number of nitrogens with one attached hydrogen (secondary N) is 1. The van der Waals surface area contributed by atoms with Crippen molar-refractivity contribution in [2.24, 2.45) is 0 Å². The van der Waals surface area contributed by atoms with Crippen molar-refractivity contribution in [1.29, 1.82) is 0 Å². The third kappa shape index (κ3) is 5.83. The Morgan fingerprint density at radius 1 is 1.12 bits per heavy atom. The minimum Gasteiger partial charge on any atom is -0.497 e. The normalized spacial score (nSPS) is 13.2. The molecule has 0 atom stereocenters. The van der Waals surface area contributed by atoms with Crippen LogP contribution in [0.4, 0.5) is 0 Å². The van der Waals surface area contributed by atoms with Gasteiger partial charge in [0.15, 0.2) is 18.1 Å². The Balaban J connectivity index is 1.26. The number of methoxy groups -OCH3 is 1. The van der Waals surface area contributed by atoms with Gasteiger partial charge in [-0.2, -0.15) is 4.98 Å². The number of rotatable bonds is 9. The average Bonchev–Trinajstić information content (AvgIpc) is 3.19. The van der Waals surface area contributed by atoms with E-state index in [4.69, 9.17) is 23.5 Å². The molecular formula is C22H23N3O8S. The Hall–Kier alpha value is -3.64. The molecule has 0 spiro atoms.